The van der Waals surface area contributed by atoms with E-state index in [1.165, 1.54) is 6.20 Å². The molecule has 0 aromatic carbocycles. The van der Waals surface area contributed by atoms with E-state index >= 15 is 0 Å². The lowest BCUT2D eigenvalue weighted by atomic mass is 10.0. The van der Waals surface area contributed by atoms with Crippen molar-refractivity contribution in [2.24, 2.45) is 7.05 Å². The molecule has 3 rings (SSSR count). The first kappa shape index (κ1) is 14.3. The largest absolute Gasteiger partial charge is 0.347 e. The predicted octanol–water partition coefficient (Wildman–Crippen LogP) is 0.738. The molecule has 2 N–H and O–H groups in total. The van der Waals surface area contributed by atoms with E-state index in [1.54, 1.807) is 27.1 Å². The van der Waals surface area contributed by atoms with E-state index in [9.17, 15) is 9.59 Å². The van der Waals surface area contributed by atoms with Crippen molar-refractivity contribution in [2.75, 3.05) is 6.54 Å². The van der Waals surface area contributed by atoms with E-state index in [1.807, 2.05) is 19.3 Å². The van der Waals surface area contributed by atoms with Crippen LogP contribution < -0.4 is 5.48 Å². The molecule has 0 aliphatic carbocycles. The van der Waals surface area contributed by atoms with Gasteiger partial charge in [0.2, 0.25) is 0 Å². The molecule has 2 aromatic heterocycles. The summed E-state index contributed by atoms with van der Waals surface area (Å²) in [5, 5.41) is 8.69. The zero-order chi connectivity index (χ0) is 15.7. The molecule has 114 valence electrons. The molecule has 7 heteroatoms. The summed E-state index contributed by atoms with van der Waals surface area (Å²) in [6.45, 7) is 0.994. The van der Waals surface area contributed by atoms with Gasteiger partial charge in [-0.1, -0.05) is 0 Å². The second-order valence-corrected chi connectivity index (χ2v) is 5.25. The van der Waals surface area contributed by atoms with E-state index in [0.717, 1.165) is 11.3 Å². The minimum absolute atomic E-state index is 0.0461. The number of hydroxylamine groups is 1. The smallest absolute Gasteiger partial charge is 0.276 e. The van der Waals surface area contributed by atoms with Gasteiger partial charge in [-0.25, -0.2) is 5.48 Å². The van der Waals surface area contributed by atoms with Gasteiger partial charge in [0, 0.05) is 44.6 Å². The number of nitrogens with one attached hydrogen (secondary N) is 1. The summed E-state index contributed by atoms with van der Waals surface area (Å²) in [6, 6.07) is 5.28. The number of nitrogens with zero attached hydrogens (tertiary/aromatic N) is 3. The van der Waals surface area contributed by atoms with Gasteiger partial charge in [0.05, 0.1) is 5.56 Å². The monoisotopic (exact) mass is 300 g/mol. The van der Waals surface area contributed by atoms with Crippen molar-refractivity contribution < 1.29 is 14.8 Å². The van der Waals surface area contributed by atoms with E-state index in [4.69, 9.17) is 5.21 Å². The van der Waals surface area contributed by atoms with Crippen LogP contribution in [-0.4, -0.2) is 38.0 Å². The summed E-state index contributed by atoms with van der Waals surface area (Å²) in [4.78, 5) is 30.0. The molecule has 2 amide bonds. The molecule has 3 heterocycles. The van der Waals surface area contributed by atoms with Crippen molar-refractivity contribution in [2.45, 2.75) is 13.0 Å². The number of hydrogen-bond acceptors (Lipinski definition) is 4. The fourth-order valence-corrected chi connectivity index (χ4v) is 2.63. The third-order valence-corrected chi connectivity index (χ3v) is 3.85. The molecule has 0 saturated carbocycles. The van der Waals surface area contributed by atoms with E-state index in [0.29, 0.717) is 25.2 Å². The summed E-state index contributed by atoms with van der Waals surface area (Å²) >= 11 is 0. The highest BCUT2D eigenvalue weighted by molar-refractivity contribution is 5.94. The number of carbonyl (C=O) groups excluding carboxylic acids is 2. The van der Waals surface area contributed by atoms with Crippen molar-refractivity contribution in [3.05, 3.63) is 53.1 Å². The second kappa shape index (κ2) is 5.61. The SMILES string of the molecule is Cn1cccc1C(=O)N1CCc2ncc(C(=O)NO)cc2C1. The zero-order valence-corrected chi connectivity index (χ0v) is 12.1. The number of pyridine rings is 1. The van der Waals surface area contributed by atoms with Crippen molar-refractivity contribution >= 4 is 11.8 Å². The van der Waals surface area contributed by atoms with Crippen LogP contribution in [0.4, 0.5) is 0 Å². The first-order chi connectivity index (χ1) is 10.6. The van der Waals surface area contributed by atoms with Gasteiger partial charge in [-0.15, -0.1) is 0 Å². The predicted molar refractivity (Wildman–Crippen MR) is 77.3 cm³/mol. The molecule has 22 heavy (non-hydrogen) atoms. The lowest BCUT2D eigenvalue weighted by Crippen LogP contribution is -2.37. The van der Waals surface area contributed by atoms with Crippen LogP contribution in [0.5, 0.6) is 0 Å². The number of amides is 2. The molecule has 1 aliphatic rings. The molecule has 0 bridgehead atoms. The third kappa shape index (κ3) is 2.46. The van der Waals surface area contributed by atoms with Gasteiger partial charge in [0.15, 0.2) is 0 Å². The fraction of sp³-hybridized carbons (Fsp3) is 0.267. The maximum Gasteiger partial charge on any atom is 0.276 e. The molecule has 0 radical (unpaired) electrons. The van der Waals surface area contributed by atoms with E-state index < -0.39 is 5.91 Å². The zero-order valence-electron chi connectivity index (χ0n) is 12.1. The molecule has 0 spiro atoms. The molecule has 0 atom stereocenters. The van der Waals surface area contributed by atoms with Crippen molar-refractivity contribution in [1.82, 2.24) is 19.9 Å². The Morgan fingerprint density at radius 2 is 2.23 bits per heavy atom. The average Bonchev–Trinajstić information content (AvgIpc) is 2.98. The van der Waals surface area contributed by atoms with Crippen LogP contribution in [0.25, 0.3) is 0 Å². The van der Waals surface area contributed by atoms with Gasteiger partial charge in [-0.05, 0) is 23.8 Å². The van der Waals surface area contributed by atoms with Crippen molar-refractivity contribution in [1.29, 1.82) is 0 Å². The number of aryl methyl sites for hydroxylation is 1. The topological polar surface area (TPSA) is 87.5 Å². The maximum absolute atomic E-state index is 12.5. The maximum atomic E-state index is 12.5. The summed E-state index contributed by atoms with van der Waals surface area (Å²) in [6.07, 6.45) is 3.90. The molecular weight excluding hydrogens is 284 g/mol. The summed E-state index contributed by atoms with van der Waals surface area (Å²) in [5.41, 5.74) is 4.20. The number of aromatic nitrogens is 2. The van der Waals surface area contributed by atoms with Gasteiger partial charge in [0.1, 0.15) is 5.69 Å². The Kier molecular flexibility index (Phi) is 3.64. The molecule has 2 aromatic rings. The van der Waals surface area contributed by atoms with Crippen LogP contribution in [0.3, 0.4) is 0 Å². The fourth-order valence-electron chi connectivity index (χ4n) is 2.63. The van der Waals surface area contributed by atoms with Gasteiger partial charge in [-0.2, -0.15) is 0 Å². The lowest BCUT2D eigenvalue weighted by molar-refractivity contribution is 0.0705. The van der Waals surface area contributed by atoms with Crippen LogP contribution in [0, 0.1) is 0 Å². The van der Waals surface area contributed by atoms with Gasteiger partial charge in [0.25, 0.3) is 11.8 Å². The summed E-state index contributed by atoms with van der Waals surface area (Å²) in [5.74, 6) is -0.656. The number of hydrogen-bond donors (Lipinski definition) is 2. The first-order valence-corrected chi connectivity index (χ1v) is 6.93. The highest BCUT2D eigenvalue weighted by Gasteiger charge is 2.24. The molecule has 1 aliphatic heterocycles. The Hall–Kier alpha value is -2.67. The van der Waals surface area contributed by atoms with Crippen molar-refractivity contribution in [3.8, 4) is 0 Å². The molecule has 0 saturated heterocycles. The van der Waals surface area contributed by atoms with Gasteiger partial charge < -0.3 is 9.47 Å². The molecular formula is C15H16N4O3. The molecule has 0 fully saturated rings. The van der Waals surface area contributed by atoms with E-state index in [2.05, 4.69) is 4.98 Å². The Morgan fingerprint density at radius 3 is 2.91 bits per heavy atom. The number of fused-ring (bicyclic) bond motifs is 1. The molecule has 0 unspecified atom stereocenters. The average molecular weight is 300 g/mol. The van der Waals surface area contributed by atoms with Crippen LogP contribution >= 0.6 is 0 Å². The Morgan fingerprint density at radius 1 is 1.41 bits per heavy atom. The van der Waals surface area contributed by atoms with Crippen LogP contribution in [0.15, 0.2) is 30.6 Å². The van der Waals surface area contributed by atoms with Crippen LogP contribution in [-0.2, 0) is 20.0 Å². The summed E-state index contributed by atoms with van der Waals surface area (Å²) < 4.78 is 1.78. The third-order valence-electron chi connectivity index (χ3n) is 3.85. The van der Waals surface area contributed by atoms with Crippen LogP contribution in [0.2, 0.25) is 0 Å². The van der Waals surface area contributed by atoms with Crippen molar-refractivity contribution in [3.63, 3.8) is 0 Å². The van der Waals surface area contributed by atoms with Crippen LogP contribution in [0.1, 0.15) is 32.1 Å². The highest BCUT2D eigenvalue weighted by Crippen LogP contribution is 2.20. The number of rotatable bonds is 2. The molecule has 7 nitrogen and oxygen atoms in total. The standard InChI is InChI=1S/C15H16N4O3/c1-18-5-2-3-13(18)15(21)19-6-4-12-11(9-19)7-10(8-16-12)14(20)17-22/h2-3,5,7-8,22H,4,6,9H2,1H3,(H,17,20). The Bertz CT molecular complexity index is 738. The minimum Gasteiger partial charge on any atom is -0.347 e. The van der Waals surface area contributed by atoms with E-state index in [-0.39, 0.29) is 11.5 Å². The van der Waals surface area contributed by atoms with Gasteiger partial charge >= 0.3 is 0 Å². The minimum atomic E-state index is -0.610. The number of carbonyl (C=O) groups is 2. The first-order valence-electron chi connectivity index (χ1n) is 6.93. The summed E-state index contributed by atoms with van der Waals surface area (Å²) in [7, 11) is 1.83. The Labute approximate surface area is 127 Å². The highest BCUT2D eigenvalue weighted by atomic mass is 16.5. The lowest BCUT2D eigenvalue weighted by Gasteiger charge is -2.28. The Balaban J connectivity index is 1.85. The normalized spacial score (nSPS) is 13.6. The van der Waals surface area contributed by atoms with Gasteiger partial charge in [-0.3, -0.25) is 19.8 Å². The quantitative estimate of drug-likeness (QED) is 0.632. The second-order valence-electron chi connectivity index (χ2n) is 5.25.